The van der Waals surface area contributed by atoms with Gasteiger partial charge in [-0.1, -0.05) is 53.7 Å². The predicted octanol–water partition coefficient (Wildman–Crippen LogP) is 4.54. The summed E-state index contributed by atoms with van der Waals surface area (Å²) in [4.78, 5) is 14.5. The number of carbonyl (C=O) groups is 1. The van der Waals surface area contributed by atoms with Gasteiger partial charge in [0, 0.05) is 18.5 Å². The molecule has 1 aromatic carbocycles. The number of aromatic hydroxyl groups is 1. The van der Waals surface area contributed by atoms with Gasteiger partial charge in [0.25, 0.3) is 0 Å². The highest BCUT2D eigenvalue weighted by atomic mass is 16.3. The van der Waals surface area contributed by atoms with Crippen molar-refractivity contribution < 1.29 is 15.0 Å². The smallest absolute Gasteiger partial charge is 0.223 e. The Morgan fingerprint density at radius 3 is 1.70 bits per heavy atom. The molecule has 0 aromatic heterocycles. The molecule has 4 nitrogen and oxygen atoms in total. The van der Waals surface area contributed by atoms with Crippen molar-refractivity contribution in [1.29, 1.82) is 0 Å². The Hall–Kier alpha value is -1.55. The maximum atomic E-state index is 12.7. The minimum Gasteiger partial charge on any atom is -0.507 e. The Bertz CT molecular complexity index is 623. The molecule has 0 unspecified atom stereocenters. The highest BCUT2D eigenvalue weighted by Gasteiger charge is 2.28. The summed E-state index contributed by atoms with van der Waals surface area (Å²) in [6.07, 6.45) is 0.999. The Morgan fingerprint density at radius 2 is 1.37 bits per heavy atom. The highest BCUT2D eigenvalue weighted by molar-refractivity contribution is 5.77. The van der Waals surface area contributed by atoms with E-state index in [-0.39, 0.29) is 28.9 Å². The van der Waals surface area contributed by atoms with Crippen molar-refractivity contribution >= 4 is 5.91 Å². The Balaban J connectivity index is 3.19. The number of β-amino-alcohol motifs (C(OH)–C–C–N with tert-alkyl or cyclic N) is 1. The van der Waals surface area contributed by atoms with Crippen LogP contribution < -0.4 is 0 Å². The van der Waals surface area contributed by atoms with Crippen LogP contribution in [-0.2, 0) is 22.0 Å². The Kier molecular flexibility index (Phi) is 7.15. The maximum absolute atomic E-state index is 12.7. The normalized spacial score (nSPS) is 13.0. The molecule has 0 fully saturated rings. The predicted molar refractivity (Wildman–Crippen MR) is 112 cm³/mol. The van der Waals surface area contributed by atoms with Crippen molar-refractivity contribution in [2.75, 3.05) is 13.2 Å². The fourth-order valence-electron chi connectivity index (χ4n) is 3.30. The van der Waals surface area contributed by atoms with Gasteiger partial charge >= 0.3 is 0 Å². The van der Waals surface area contributed by atoms with Gasteiger partial charge in [-0.05, 0) is 54.7 Å². The van der Waals surface area contributed by atoms with Crippen molar-refractivity contribution in [2.45, 2.75) is 91.5 Å². The summed E-state index contributed by atoms with van der Waals surface area (Å²) in [6, 6.07) is 4.07. The van der Waals surface area contributed by atoms with E-state index in [4.69, 9.17) is 0 Å². The molecule has 0 saturated carbocycles. The third-order valence-corrected chi connectivity index (χ3v) is 4.85. The molecule has 154 valence electrons. The van der Waals surface area contributed by atoms with Crippen molar-refractivity contribution in [3.8, 4) is 5.75 Å². The molecule has 0 saturated heterocycles. The topological polar surface area (TPSA) is 60.8 Å². The third-order valence-electron chi connectivity index (χ3n) is 4.85. The fourth-order valence-corrected chi connectivity index (χ4v) is 3.30. The monoisotopic (exact) mass is 377 g/mol. The number of nitrogens with zero attached hydrogens (tertiary/aromatic N) is 1. The van der Waals surface area contributed by atoms with Crippen LogP contribution in [0.15, 0.2) is 12.1 Å². The number of amides is 1. The van der Waals surface area contributed by atoms with Crippen LogP contribution in [0.25, 0.3) is 0 Å². The third kappa shape index (κ3) is 6.24. The Labute approximate surface area is 165 Å². The largest absolute Gasteiger partial charge is 0.507 e. The van der Waals surface area contributed by atoms with Crippen LogP contribution in [-0.4, -0.2) is 39.7 Å². The summed E-state index contributed by atoms with van der Waals surface area (Å²) in [5.41, 5.74) is 2.22. The van der Waals surface area contributed by atoms with Gasteiger partial charge in [0.2, 0.25) is 5.91 Å². The van der Waals surface area contributed by atoms with E-state index in [2.05, 4.69) is 41.5 Å². The zero-order valence-corrected chi connectivity index (χ0v) is 18.7. The molecule has 27 heavy (non-hydrogen) atoms. The van der Waals surface area contributed by atoms with Crippen molar-refractivity contribution in [2.24, 2.45) is 0 Å². The Morgan fingerprint density at radius 1 is 0.926 bits per heavy atom. The molecule has 0 atom stereocenters. The average Bonchev–Trinajstić information content (AvgIpc) is 2.47. The first kappa shape index (κ1) is 23.5. The van der Waals surface area contributed by atoms with E-state index in [0.29, 0.717) is 25.1 Å². The zero-order chi connectivity index (χ0) is 21.2. The van der Waals surface area contributed by atoms with Crippen LogP contribution in [0.1, 0.15) is 85.4 Å². The molecule has 0 radical (unpaired) electrons. The minimum absolute atomic E-state index is 0.0371. The van der Waals surface area contributed by atoms with Crippen molar-refractivity contribution in [3.63, 3.8) is 0 Å². The number of aliphatic hydroxyl groups is 1. The second-order valence-electron chi connectivity index (χ2n) is 10.5. The first-order valence-electron chi connectivity index (χ1n) is 9.87. The molecule has 0 heterocycles. The van der Waals surface area contributed by atoms with Gasteiger partial charge in [0.1, 0.15) is 5.75 Å². The lowest BCUT2D eigenvalue weighted by molar-refractivity contribution is -0.136. The first-order valence-corrected chi connectivity index (χ1v) is 9.87. The molecule has 0 spiro atoms. The second kappa shape index (κ2) is 8.22. The molecule has 4 heteroatoms. The summed E-state index contributed by atoms with van der Waals surface area (Å²) in [5.74, 6) is 0.404. The van der Waals surface area contributed by atoms with Crippen LogP contribution in [0, 0.1) is 0 Å². The van der Waals surface area contributed by atoms with Crippen LogP contribution in [0.2, 0.25) is 0 Å². The minimum atomic E-state index is -0.318. The SMILES string of the molecule is CC(C)(C)c1cc(CCC(=O)N(CCO)C(C)(C)C)cc(C(C)(C)C)c1O. The van der Waals surface area contributed by atoms with E-state index >= 15 is 0 Å². The lowest BCUT2D eigenvalue weighted by Crippen LogP contribution is -2.47. The highest BCUT2D eigenvalue weighted by Crippen LogP contribution is 2.40. The van der Waals surface area contributed by atoms with Gasteiger partial charge in [-0.2, -0.15) is 0 Å². The summed E-state index contributed by atoms with van der Waals surface area (Å²) in [7, 11) is 0. The van der Waals surface area contributed by atoms with E-state index in [9.17, 15) is 15.0 Å². The van der Waals surface area contributed by atoms with Gasteiger partial charge in [0.05, 0.1) is 6.61 Å². The van der Waals surface area contributed by atoms with Gasteiger partial charge in [0.15, 0.2) is 0 Å². The molecule has 1 rings (SSSR count). The number of aliphatic hydroxyl groups excluding tert-OH is 1. The summed E-state index contributed by atoms with van der Waals surface area (Å²) in [5, 5.41) is 20.1. The summed E-state index contributed by atoms with van der Waals surface area (Å²) < 4.78 is 0. The molecular formula is C23H39NO3. The molecular weight excluding hydrogens is 338 g/mol. The molecule has 1 aromatic rings. The summed E-state index contributed by atoms with van der Waals surface area (Å²) in [6.45, 7) is 18.8. The van der Waals surface area contributed by atoms with Gasteiger partial charge in [-0.15, -0.1) is 0 Å². The average molecular weight is 378 g/mol. The van der Waals surface area contributed by atoms with E-state index in [1.807, 2.05) is 32.9 Å². The number of aryl methyl sites for hydroxylation is 1. The van der Waals surface area contributed by atoms with Gasteiger partial charge in [-0.25, -0.2) is 0 Å². The molecule has 1 amide bonds. The van der Waals surface area contributed by atoms with Crippen LogP contribution in [0.3, 0.4) is 0 Å². The molecule has 0 aliphatic carbocycles. The number of hydrogen-bond acceptors (Lipinski definition) is 3. The van der Waals surface area contributed by atoms with Crippen molar-refractivity contribution in [1.82, 2.24) is 4.90 Å². The molecule has 0 bridgehead atoms. The first-order chi connectivity index (χ1) is 12.1. The number of phenols is 1. The van der Waals surface area contributed by atoms with Crippen LogP contribution >= 0.6 is 0 Å². The number of rotatable bonds is 5. The lowest BCUT2D eigenvalue weighted by Gasteiger charge is -2.35. The van der Waals surface area contributed by atoms with E-state index in [1.165, 1.54) is 0 Å². The number of phenolic OH excluding ortho intramolecular Hbond substituents is 1. The number of carbonyl (C=O) groups excluding carboxylic acids is 1. The van der Waals surface area contributed by atoms with Crippen LogP contribution in [0.5, 0.6) is 5.75 Å². The van der Waals surface area contributed by atoms with Gasteiger partial charge < -0.3 is 15.1 Å². The second-order valence-corrected chi connectivity index (χ2v) is 10.5. The molecule has 0 aliphatic heterocycles. The standard InChI is InChI=1S/C23H39NO3/c1-21(2,3)17-14-16(15-18(20(17)27)22(4,5)6)10-11-19(26)24(12-13-25)23(7,8)9/h14-15,25,27H,10-13H2,1-9H3. The zero-order valence-electron chi connectivity index (χ0n) is 18.7. The van der Waals surface area contributed by atoms with E-state index < -0.39 is 0 Å². The molecule has 2 N–H and O–H groups in total. The quantitative estimate of drug-likeness (QED) is 0.792. The lowest BCUT2D eigenvalue weighted by atomic mass is 9.78. The number of benzene rings is 1. The van der Waals surface area contributed by atoms with Crippen molar-refractivity contribution in [3.05, 3.63) is 28.8 Å². The van der Waals surface area contributed by atoms with E-state index in [0.717, 1.165) is 16.7 Å². The van der Waals surface area contributed by atoms with Gasteiger partial charge in [-0.3, -0.25) is 4.79 Å². The van der Waals surface area contributed by atoms with E-state index in [1.54, 1.807) is 4.90 Å². The number of hydrogen-bond donors (Lipinski definition) is 2. The fraction of sp³-hybridized carbons (Fsp3) is 0.696. The molecule has 0 aliphatic rings. The van der Waals surface area contributed by atoms with Crippen LogP contribution in [0.4, 0.5) is 0 Å². The maximum Gasteiger partial charge on any atom is 0.223 e. The summed E-state index contributed by atoms with van der Waals surface area (Å²) >= 11 is 0.